The molecule has 0 atom stereocenters. The highest BCUT2D eigenvalue weighted by molar-refractivity contribution is 4.71. The van der Waals surface area contributed by atoms with Crippen LogP contribution in [0.4, 0.5) is 35.1 Å². The number of nitro groups is 2. The van der Waals surface area contributed by atoms with Crippen LogP contribution in [-0.2, 0) is 0 Å². The van der Waals surface area contributed by atoms with Gasteiger partial charge < -0.3 is 5.21 Å². The minimum atomic E-state index is -6.62. The molecule has 0 fully saturated rings. The molecule has 17 heteroatoms. The van der Waals surface area contributed by atoms with Crippen LogP contribution < -0.4 is 0 Å². The van der Waals surface area contributed by atoms with Gasteiger partial charge in [0.25, 0.3) is 0 Å². The fourth-order valence-corrected chi connectivity index (χ4v) is 0.572. The van der Waals surface area contributed by atoms with Gasteiger partial charge in [0.15, 0.2) is 0 Å². The molecular weight excluding hydrogens is 336 g/mol. The molecule has 0 aromatic carbocycles. The zero-order chi connectivity index (χ0) is 17.4. The molecule has 0 N–H and O–H groups in total. The number of hydroxylamine groups is 1. The van der Waals surface area contributed by atoms with Crippen LogP contribution in [0.3, 0.4) is 0 Å². The zero-order valence-corrected chi connectivity index (χ0v) is 8.85. The third-order valence-electron chi connectivity index (χ3n) is 1.64. The van der Waals surface area contributed by atoms with Gasteiger partial charge in [0, 0.05) is 0 Å². The van der Waals surface area contributed by atoms with Gasteiger partial charge in [-0.3, -0.25) is 20.2 Å². The van der Waals surface area contributed by atoms with Crippen molar-refractivity contribution in [2.75, 3.05) is 0 Å². The molecule has 0 aliphatic heterocycles. The molecule has 0 heterocycles. The van der Waals surface area contributed by atoms with E-state index in [4.69, 9.17) is 0 Å². The van der Waals surface area contributed by atoms with E-state index in [1.807, 2.05) is 0 Å². The molecular formula is C4F8N4O5. The van der Waals surface area contributed by atoms with Crippen molar-refractivity contribution in [3.8, 4) is 0 Å². The van der Waals surface area contributed by atoms with E-state index in [0.717, 1.165) is 0 Å². The van der Waals surface area contributed by atoms with E-state index >= 15 is 0 Å². The predicted octanol–water partition coefficient (Wildman–Crippen LogP) is 1.87. The summed E-state index contributed by atoms with van der Waals surface area (Å²) in [6.07, 6.45) is 0. The van der Waals surface area contributed by atoms with Crippen LogP contribution in [0.25, 0.3) is 0 Å². The first-order chi connectivity index (χ1) is 9.01. The van der Waals surface area contributed by atoms with E-state index in [-0.39, 0.29) is 0 Å². The number of azo groups is 1. The quantitative estimate of drug-likeness (QED) is 0.183. The summed E-state index contributed by atoms with van der Waals surface area (Å²) < 4.78 is 99.1. The Morgan fingerprint density at radius 3 is 1.29 bits per heavy atom. The Kier molecular flexibility index (Phi) is 4.33. The van der Waals surface area contributed by atoms with Crippen LogP contribution in [-0.4, -0.2) is 38.9 Å². The van der Waals surface area contributed by atoms with Crippen LogP contribution in [0, 0.1) is 25.4 Å². The van der Waals surface area contributed by atoms with Gasteiger partial charge in [0.05, 0.1) is 5.11 Å². The Bertz CT molecular complexity index is 491. The summed E-state index contributed by atoms with van der Waals surface area (Å²) in [6.45, 7) is 0. The largest absolute Gasteiger partial charge is 0.651 e. The highest BCUT2D eigenvalue weighted by atomic mass is 19.3. The Labute approximate surface area is 106 Å². The average Bonchev–Trinajstić information content (AvgIpc) is 2.26. The summed E-state index contributed by atoms with van der Waals surface area (Å²) in [6, 6.07) is -26.0. The molecule has 0 amide bonds. The highest BCUT2D eigenvalue weighted by Gasteiger charge is 2.81. The molecule has 0 aromatic heterocycles. The predicted molar refractivity (Wildman–Crippen MR) is 39.8 cm³/mol. The van der Waals surface area contributed by atoms with E-state index in [1.54, 1.807) is 0 Å². The van der Waals surface area contributed by atoms with Crippen LogP contribution in [0.15, 0.2) is 5.11 Å². The maximum atomic E-state index is 12.5. The Hall–Kier alpha value is -2.36. The lowest BCUT2D eigenvalue weighted by Crippen LogP contribution is -2.54. The summed E-state index contributed by atoms with van der Waals surface area (Å²) in [7, 11) is 0. The van der Waals surface area contributed by atoms with Gasteiger partial charge in [-0.05, 0) is 4.86 Å². The van der Waals surface area contributed by atoms with E-state index in [0.29, 0.717) is 5.11 Å². The first kappa shape index (κ1) is 18.6. The molecule has 122 valence electrons. The lowest BCUT2D eigenvalue weighted by molar-refractivity contribution is -0.807. The van der Waals surface area contributed by atoms with Crippen LogP contribution in [0.5, 0.6) is 0 Å². The highest BCUT2D eigenvalue weighted by Crippen LogP contribution is 2.40. The van der Waals surface area contributed by atoms with Crippen molar-refractivity contribution in [1.29, 1.82) is 0 Å². The Morgan fingerprint density at radius 1 is 0.667 bits per heavy atom. The van der Waals surface area contributed by atoms with Gasteiger partial charge in [-0.2, -0.15) is 8.78 Å². The standard InChI is InChI=1S/C4F8N4O5/c5-1(6,2(7,8)15(18)19)13-14(17)3(9,10)4(11,12)16(20)21/b14-13-. The Morgan fingerprint density at radius 2 is 1.00 bits per heavy atom. The van der Waals surface area contributed by atoms with Crippen molar-refractivity contribution in [3.05, 3.63) is 25.4 Å². The zero-order valence-electron chi connectivity index (χ0n) is 8.85. The van der Waals surface area contributed by atoms with E-state index < -0.39 is 38.9 Å². The summed E-state index contributed by atoms with van der Waals surface area (Å²) in [5.74, 6) is 0. The van der Waals surface area contributed by atoms with Crippen molar-refractivity contribution in [1.82, 2.24) is 0 Å². The van der Waals surface area contributed by atoms with Crippen molar-refractivity contribution in [2.24, 2.45) is 5.11 Å². The van der Waals surface area contributed by atoms with E-state index in [1.165, 1.54) is 0 Å². The molecule has 0 rings (SSSR count). The Balaban J connectivity index is 5.87. The van der Waals surface area contributed by atoms with Crippen LogP contribution in [0.1, 0.15) is 0 Å². The van der Waals surface area contributed by atoms with Gasteiger partial charge >= 0.3 is 24.2 Å². The van der Waals surface area contributed by atoms with Gasteiger partial charge in [0.1, 0.15) is 9.85 Å². The number of halogens is 8. The van der Waals surface area contributed by atoms with Gasteiger partial charge in [-0.15, -0.1) is 26.3 Å². The molecule has 9 nitrogen and oxygen atoms in total. The van der Waals surface area contributed by atoms with Gasteiger partial charge in [-0.1, -0.05) is 0 Å². The minimum Gasteiger partial charge on any atom is -0.595 e. The van der Waals surface area contributed by atoms with Crippen LogP contribution >= 0.6 is 0 Å². The lowest BCUT2D eigenvalue weighted by Gasteiger charge is -2.17. The topological polar surface area (TPSA) is 125 Å². The molecule has 0 spiro atoms. The maximum absolute atomic E-state index is 12.5. The molecule has 0 radical (unpaired) electrons. The number of hydrogen-bond donors (Lipinski definition) is 0. The van der Waals surface area contributed by atoms with Gasteiger partial charge in [-0.25, -0.2) is 0 Å². The molecule has 0 aliphatic rings. The summed E-state index contributed by atoms with van der Waals surface area (Å²) in [4.78, 5) is 9.93. The third-order valence-corrected chi connectivity index (χ3v) is 1.64. The average molecular weight is 336 g/mol. The summed E-state index contributed by atoms with van der Waals surface area (Å²) in [5, 5.41) is 29.9. The molecule has 0 unspecified atom stereocenters. The second-order valence-electron chi connectivity index (χ2n) is 3.05. The van der Waals surface area contributed by atoms with Crippen molar-refractivity contribution >= 4 is 0 Å². The van der Waals surface area contributed by atoms with E-state index in [9.17, 15) is 60.6 Å². The number of alkyl halides is 8. The second-order valence-corrected chi connectivity index (χ2v) is 3.05. The molecule has 0 aromatic rings. The third kappa shape index (κ3) is 2.89. The normalized spacial score (nSPS) is 15.0. The van der Waals surface area contributed by atoms with Gasteiger partial charge in [0.2, 0.25) is 0 Å². The second kappa shape index (κ2) is 4.88. The van der Waals surface area contributed by atoms with Crippen molar-refractivity contribution in [2.45, 2.75) is 24.2 Å². The van der Waals surface area contributed by atoms with Crippen LogP contribution in [0.2, 0.25) is 0 Å². The molecule has 0 aliphatic carbocycles. The smallest absolute Gasteiger partial charge is 0.595 e. The maximum Gasteiger partial charge on any atom is 0.651 e. The number of rotatable bonds is 6. The van der Waals surface area contributed by atoms with Crippen molar-refractivity contribution < 1.29 is 49.8 Å². The summed E-state index contributed by atoms with van der Waals surface area (Å²) >= 11 is 0. The fraction of sp³-hybridized carbons (Fsp3) is 1.00. The first-order valence-electron chi connectivity index (χ1n) is 4.02. The fourth-order valence-electron chi connectivity index (χ4n) is 0.572. The van der Waals surface area contributed by atoms with Crippen molar-refractivity contribution in [3.63, 3.8) is 0 Å². The lowest BCUT2D eigenvalue weighted by atomic mass is 10.4. The SMILES string of the molecule is O=[N+]([O-])C(F)(F)C(F)(F)/N=[N+](\[O-])C(F)(F)C(F)(F)[N+](=O)[O-]. The molecule has 0 saturated carbocycles. The minimum absolute atomic E-state index is 0.540. The number of hydrogen-bond acceptors (Lipinski definition) is 6. The van der Waals surface area contributed by atoms with E-state index in [2.05, 4.69) is 0 Å². The summed E-state index contributed by atoms with van der Waals surface area (Å²) in [5.41, 5.74) is 0. The molecule has 0 saturated heterocycles. The molecule has 0 bridgehead atoms. The molecule has 21 heavy (non-hydrogen) atoms. The first-order valence-corrected chi connectivity index (χ1v) is 4.02. The monoisotopic (exact) mass is 336 g/mol. The number of nitrogens with zero attached hydrogens (tertiary/aromatic N) is 4.